The average molecular weight is 232 g/mol. The zero-order valence-corrected chi connectivity index (χ0v) is 10.3. The van der Waals surface area contributed by atoms with Gasteiger partial charge in [-0.15, -0.1) is 0 Å². The van der Waals surface area contributed by atoms with E-state index in [9.17, 15) is 5.11 Å². The summed E-state index contributed by atoms with van der Waals surface area (Å²) in [5, 5.41) is 9.94. The third-order valence-corrected chi connectivity index (χ3v) is 4.51. The maximum atomic E-state index is 9.94. The number of nitrogens with zero attached hydrogens (tertiary/aromatic N) is 1. The topological polar surface area (TPSA) is 49.5 Å². The Kier molecular flexibility index (Phi) is 2.51. The molecule has 0 spiro atoms. The Labute approximate surface area is 102 Å². The van der Waals surface area contributed by atoms with Gasteiger partial charge in [-0.3, -0.25) is 0 Å². The first-order chi connectivity index (χ1) is 8.16. The number of nitrogens with two attached hydrogens (primary N) is 1. The van der Waals surface area contributed by atoms with Gasteiger partial charge in [0.25, 0.3) is 0 Å². The smallest absolute Gasteiger partial charge is 0.0588 e. The largest absolute Gasteiger partial charge is 0.398 e. The van der Waals surface area contributed by atoms with Crippen molar-refractivity contribution in [2.24, 2.45) is 11.8 Å². The van der Waals surface area contributed by atoms with Crippen molar-refractivity contribution in [1.29, 1.82) is 0 Å². The van der Waals surface area contributed by atoms with Crippen LogP contribution in [0.15, 0.2) is 18.2 Å². The van der Waals surface area contributed by atoms with Crippen LogP contribution in [0.3, 0.4) is 0 Å². The van der Waals surface area contributed by atoms with Crippen molar-refractivity contribution < 1.29 is 5.11 Å². The number of rotatable bonds is 1. The van der Waals surface area contributed by atoms with Crippen LogP contribution in [0.1, 0.15) is 18.4 Å². The van der Waals surface area contributed by atoms with Crippen LogP contribution in [0.4, 0.5) is 11.4 Å². The van der Waals surface area contributed by atoms with Crippen LogP contribution in [0.5, 0.6) is 0 Å². The molecule has 1 heterocycles. The Morgan fingerprint density at radius 2 is 2.12 bits per heavy atom. The molecule has 3 heteroatoms. The van der Waals surface area contributed by atoms with E-state index in [2.05, 4.69) is 17.9 Å². The van der Waals surface area contributed by atoms with E-state index in [4.69, 9.17) is 5.73 Å². The average Bonchev–Trinajstić information content (AvgIpc) is 2.85. The molecule has 0 amide bonds. The Balaban J connectivity index is 1.85. The number of aliphatic hydroxyl groups is 1. The summed E-state index contributed by atoms with van der Waals surface area (Å²) in [5.41, 5.74) is 9.23. The molecule has 1 saturated heterocycles. The molecule has 1 aliphatic heterocycles. The fourth-order valence-electron chi connectivity index (χ4n) is 3.42. The molecule has 3 nitrogen and oxygen atoms in total. The Hall–Kier alpha value is -1.22. The molecule has 3 atom stereocenters. The van der Waals surface area contributed by atoms with Gasteiger partial charge in [-0.1, -0.05) is 6.07 Å². The van der Waals surface area contributed by atoms with Gasteiger partial charge in [0.15, 0.2) is 0 Å². The van der Waals surface area contributed by atoms with E-state index < -0.39 is 0 Å². The van der Waals surface area contributed by atoms with Crippen molar-refractivity contribution in [2.45, 2.75) is 25.9 Å². The maximum Gasteiger partial charge on any atom is 0.0588 e. The summed E-state index contributed by atoms with van der Waals surface area (Å²) < 4.78 is 0. The van der Waals surface area contributed by atoms with Crippen molar-refractivity contribution in [1.82, 2.24) is 0 Å². The minimum atomic E-state index is -0.0913. The fraction of sp³-hybridized carbons (Fsp3) is 0.571. The summed E-state index contributed by atoms with van der Waals surface area (Å²) in [6.45, 7) is 4.14. The lowest BCUT2D eigenvalue weighted by Gasteiger charge is -2.23. The highest BCUT2D eigenvalue weighted by atomic mass is 16.3. The van der Waals surface area contributed by atoms with E-state index in [1.54, 1.807) is 0 Å². The summed E-state index contributed by atoms with van der Waals surface area (Å²) in [4.78, 5) is 2.39. The normalized spacial score (nSPS) is 31.9. The minimum absolute atomic E-state index is 0.0913. The lowest BCUT2D eigenvalue weighted by atomic mass is 10.00. The molecule has 17 heavy (non-hydrogen) atoms. The van der Waals surface area contributed by atoms with Gasteiger partial charge in [0.05, 0.1) is 6.10 Å². The maximum absolute atomic E-state index is 9.94. The number of nitrogen functional groups attached to an aromatic ring is 1. The molecular weight excluding hydrogens is 212 g/mol. The molecule has 3 unspecified atom stereocenters. The summed E-state index contributed by atoms with van der Waals surface area (Å²) in [6, 6.07) is 6.10. The van der Waals surface area contributed by atoms with Gasteiger partial charge in [0.2, 0.25) is 0 Å². The number of fused-ring (bicyclic) bond motifs is 1. The third kappa shape index (κ3) is 1.69. The van der Waals surface area contributed by atoms with E-state index in [-0.39, 0.29) is 6.10 Å². The zero-order chi connectivity index (χ0) is 12.0. The van der Waals surface area contributed by atoms with E-state index in [0.717, 1.165) is 25.2 Å². The van der Waals surface area contributed by atoms with Crippen LogP contribution in [-0.2, 0) is 0 Å². The second kappa shape index (κ2) is 3.91. The van der Waals surface area contributed by atoms with E-state index in [1.807, 2.05) is 12.1 Å². The fourth-order valence-corrected chi connectivity index (χ4v) is 3.42. The monoisotopic (exact) mass is 232 g/mol. The van der Waals surface area contributed by atoms with Gasteiger partial charge in [0.1, 0.15) is 0 Å². The summed E-state index contributed by atoms with van der Waals surface area (Å²) in [5.74, 6) is 1.14. The number of hydrogen-bond acceptors (Lipinski definition) is 3. The molecule has 0 bridgehead atoms. The molecule has 0 radical (unpaired) electrons. The minimum Gasteiger partial charge on any atom is -0.398 e. The molecule has 3 rings (SSSR count). The van der Waals surface area contributed by atoms with Crippen molar-refractivity contribution >= 4 is 11.4 Å². The molecule has 2 fully saturated rings. The SMILES string of the molecule is Cc1c(N)cccc1N1CC2CCC(O)C2C1. The Morgan fingerprint density at radius 1 is 1.29 bits per heavy atom. The van der Waals surface area contributed by atoms with Crippen LogP contribution < -0.4 is 10.6 Å². The van der Waals surface area contributed by atoms with Gasteiger partial charge in [0, 0.05) is 30.4 Å². The van der Waals surface area contributed by atoms with Crippen molar-refractivity contribution in [2.75, 3.05) is 23.7 Å². The highest BCUT2D eigenvalue weighted by Gasteiger charge is 2.42. The molecule has 1 saturated carbocycles. The number of hydrogen-bond donors (Lipinski definition) is 2. The van der Waals surface area contributed by atoms with Gasteiger partial charge < -0.3 is 15.7 Å². The van der Waals surface area contributed by atoms with Crippen LogP contribution in [-0.4, -0.2) is 24.3 Å². The van der Waals surface area contributed by atoms with Crippen LogP contribution in [0, 0.1) is 18.8 Å². The van der Waals surface area contributed by atoms with E-state index in [1.165, 1.54) is 17.7 Å². The lowest BCUT2D eigenvalue weighted by Crippen LogP contribution is -2.25. The summed E-state index contributed by atoms with van der Waals surface area (Å²) >= 11 is 0. The quantitative estimate of drug-likeness (QED) is 0.726. The first-order valence-electron chi connectivity index (χ1n) is 6.45. The van der Waals surface area contributed by atoms with Gasteiger partial charge in [-0.2, -0.15) is 0 Å². The molecular formula is C14H20N2O. The van der Waals surface area contributed by atoms with Crippen molar-refractivity contribution in [3.05, 3.63) is 23.8 Å². The molecule has 2 aliphatic rings. The molecule has 92 valence electrons. The van der Waals surface area contributed by atoms with Crippen molar-refractivity contribution in [3.63, 3.8) is 0 Å². The zero-order valence-electron chi connectivity index (χ0n) is 10.3. The Morgan fingerprint density at radius 3 is 2.88 bits per heavy atom. The first kappa shape index (κ1) is 10.9. The molecule has 3 N–H and O–H groups in total. The predicted octanol–water partition coefficient (Wildman–Crippen LogP) is 1.78. The molecule has 1 aromatic carbocycles. The second-order valence-electron chi connectivity index (χ2n) is 5.46. The van der Waals surface area contributed by atoms with Crippen LogP contribution in [0.2, 0.25) is 0 Å². The molecule has 0 aromatic heterocycles. The van der Waals surface area contributed by atoms with Crippen LogP contribution >= 0.6 is 0 Å². The van der Waals surface area contributed by atoms with E-state index >= 15 is 0 Å². The highest BCUT2D eigenvalue weighted by Crippen LogP contribution is 2.40. The molecule has 1 aromatic rings. The standard InChI is InChI=1S/C14H20N2O/c1-9-12(15)3-2-4-13(9)16-7-10-5-6-14(17)11(10)8-16/h2-4,10-11,14,17H,5-8,15H2,1H3. The lowest BCUT2D eigenvalue weighted by molar-refractivity contribution is 0.133. The van der Waals surface area contributed by atoms with Crippen LogP contribution in [0.25, 0.3) is 0 Å². The summed E-state index contributed by atoms with van der Waals surface area (Å²) in [6.07, 6.45) is 2.06. The van der Waals surface area contributed by atoms with Gasteiger partial charge in [-0.25, -0.2) is 0 Å². The number of benzene rings is 1. The third-order valence-electron chi connectivity index (χ3n) is 4.51. The van der Waals surface area contributed by atoms with Crippen molar-refractivity contribution in [3.8, 4) is 0 Å². The molecule has 1 aliphatic carbocycles. The summed E-state index contributed by atoms with van der Waals surface area (Å²) in [7, 11) is 0. The van der Waals surface area contributed by atoms with Gasteiger partial charge in [-0.05, 0) is 43.4 Å². The van der Waals surface area contributed by atoms with E-state index in [0.29, 0.717) is 11.8 Å². The number of anilines is 2. The van der Waals surface area contributed by atoms with Gasteiger partial charge >= 0.3 is 0 Å². The number of aliphatic hydroxyl groups excluding tert-OH is 1. The second-order valence-corrected chi connectivity index (χ2v) is 5.46. The highest BCUT2D eigenvalue weighted by molar-refractivity contribution is 5.64. The predicted molar refractivity (Wildman–Crippen MR) is 70.0 cm³/mol. The first-order valence-corrected chi connectivity index (χ1v) is 6.45. The Bertz CT molecular complexity index is 432.